The molecule has 0 saturated carbocycles. The number of nitrogens with zero attached hydrogens (tertiary/aromatic N) is 3. The molecule has 0 aromatic heterocycles. The Kier molecular flexibility index (Phi) is 32.7. The zero-order valence-corrected chi connectivity index (χ0v) is 45.4. The maximum atomic E-state index is 14.3. The number of nitrogens with one attached hydrogen (secondary N) is 5. The summed E-state index contributed by atoms with van der Waals surface area (Å²) in [6.07, 6.45) is 2.14. The third-order valence-electron chi connectivity index (χ3n) is 11.0. The molecule has 18 N–H and O–H groups in total. The van der Waals surface area contributed by atoms with Gasteiger partial charge >= 0.3 is 35.8 Å². The number of hydrogen-bond acceptors (Lipinski definition) is 18. The van der Waals surface area contributed by atoms with Crippen LogP contribution in [0.1, 0.15) is 63.4 Å². The summed E-state index contributed by atoms with van der Waals surface area (Å²) in [4.78, 5) is 143. The molecule has 0 radical (unpaired) electrons. The van der Waals surface area contributed by atoms with Gasteiger partial charge in [-0.2, -0.15) is 0 Å². The van der Waals surface area contributed by atoms with Crippen LogP contribution in [0, 0.1) is 7.14 Å². The van der Waals surface area contributed by atoms with Crippen molar-refractivity contribution in [2.24, 2.45) is 17.2 Å². The average Bonchev–Trinajstić information content (AvgIpc) is 3.30. The Labute approximate surface area is 458 Å². The highest BCUT2D eigenvalue weighted by Crippen LogP contribution is 2.28. The van der Waals surface area contributed by atoms with Crippen molar-refractivity contribution in [2.75, 3.05) is 78.5 Å². The zero-order chi connectivity index (χ0) is 56.8. The summed E-state index contributed by atoms with van der Waals surface area (Å²) in [5.41, 5.74) is 17.3. The van der Waals surface area contributed by atoms with Gasteiger partial charge in [0.1, 0.15) is 36.0 Å². The lowest BCUT2D eigenvalue weighted by Gasteiger charge is -2.33. The van der Waals surface area contributed by atoms with Gasteiger partial charge in [-0.3, -0.25) is 62.6 Å². The minimum atomic E-state index is -1.84. The molecule has 75 heavy (non-hydrogen) atoms. The van der Waals surface area contributed by atoms with Gasteiger partial charge in [0.2, 0.25) is 29.5 Å². The number of carboxylic acids is 6. The van der Waals surface area contributed by atoms with Crippen LogP contribution in [0.15, 0.2) is 12.1 Å². The Morgan fingerprint density at radius 2 is 0.893 bits per heavy atom. The molecule has 0 fully saturated rings. The number of benzene rings is 1. The summed E-state index contributed by atoms with van der Waals surface area (Å²) in [5.74, 6) is -13.8. The standard InChI is InChI=1S/C44H69I2N11O18/c45-26-15-25(16-27(46)39(26)69)17-31(42(72)53-28(7-1-4-10-47)40(70)52-29(8-2-5-11-48)41(71)54-30(44(74)75)9-3-6-12-49)51-33(58)18-50-43(73)32(57(23-37(65)66)24-38(67)68)19-55(20-34(59)60)13-14-56(21-35(61)62)22-36(63)64/h15-16,28-32,69H,1-14,17-24,47-49H2,(H,50,73)(H,51,58)(H,52,70)(H,53,72)(H,54,71)(H,59,60)(H,61,62)(H,63,64)(H,65,66)(H,67,68)(H,74,75)/t28-,29-,30-,31-,32?/m0/s1. The fraction of sp³-hybridized carbons (Fsp3) is 0.614. The number of aromatic hydroxyl groups is 1. The summed E-state index contributed by atoms with van der Waals surface area (Å²) < 4.78 is 0.725. The SMILES string of the molecule is NCCCC[C@H](NC(=O)[C@H](CCCCN)NC(=O)[C@H](CCCCN)NC(=O)[C@H](Cc1cc(I)c(O)c(I)c1)NC(=O)CNC(=O)C(CN(CCN(CC(=O)O)CC(=O)O)CC(=O)O)N(CC(=O)O)CC(=O)O)C(=O)O. The molecular weight excluding hydrogens is 1220 g/mol. The first-order valence-electron chi connectivity index (χ1n) is 23.6. The molecular formula is C44H69I2N11O18. The van der Waals surface area contributed by atoms with Gasteiger partial charge < -0.3 is 79.5 Å². The van der Waals surface area contributed by atoms with Crippen LogP contribution in [0.4, 0.5) is 0 Å². The number of nitrogens with two attached hydrogens (primary N) is 3. The van der Waals surface area contributed by atoms with Crippen molar-refractivity contribution in [3.63, 3.8) is 0 Å². The van der Waals surface area contributed by atoms with Crippen LogP contribution in [-0.4, -0.2) is 225 Å². The average molecular weight is 1290 g/mol. The fourth-order valence-corrected chi connectivity index (χ4v) is 9.24. The van der Waals surface area contributed by atoms with Crippen LogP contribution >= 0.6 is 45.2 Å². The van der Waals surface area contributed by atoms with Gasteiger partial charge in [-0.1, -0.05) is 0 Å². The van der Waals surface area contributed by atoms with E-state index in [0.29, 0.717) is 56.3 Å². The Bertz CT molecular complexity index is 2070. The smallest absolute Gasteiger partial charge is 0.326 e. The van der Waals surface area contributed by atoms with Crippen molar-refractivity contribution < 1.29 is 88.5 Å². The lowest BCUT2D eigenvalue weighted by molar-refractivity contribution is -0.146. The van der Waals surface area contributed by atoms with Crippen molar-refractivity contribution in [1.82, 2.24) is 41.3 Å². The van der Waals surface area contributed by atoms with E-state index in [4.69, 9.17) is 17.2 Å². The molecule has 0 aliphatic carbocycles. The predicted octanol–water partition coefficient (Wildman–Crippen LogP) is -3.63. The van der Waals surface area contributed by atoms with Gasteiger partial charge in [0, 0.05) is 26.1 Å². The van der Waals surface area contributed by atoms with Gasteiger partial charge in [-0.05, 0) is 140 Å². The number of unbranched alkanes of at least 4 members (excludes halogenated alkanes) is 3. The number of aliphatic carboxylic acids is 6. The van der Waals surface area contributed by atoms with E-state index >= 15 is 0 Å². The van der Waals surface area contributed by atoms with Crippen molar-refractivity contribution >= 4 is 111 Å². The Hall–Kier alpha value is -5.59. The number of amides is 5. The maximum Gasteiger partial charge on any atom is 0.326 e. The second kappa shape index (κ2) is 36.4. The summed E-state index contributed by atoms with van der Waals surface area (Å²) in [6.45, 7) is -6.42. The van der Waals surface area contributed by atoms with Crippen LogP contribution in [0.5, 0.6) is 5.75 Å². The Morgan fingerprint density at radius 1 is 0.507 bits per heavy atom. The van der Waals surface area contributed by atoms with E-state index in [0.717, 1.165) is 9.80 Å². The minimum Gasteiger partial charge on any atom is -0.506 e. The molecule has 1 unspecified atom stereocenters. The minimum absolute atomic E-state index is 0.0326. The first-order valence-corrected chi connectivity index (χ1v) is 25.7. The quantitative estimate of drug-likeness (QED) is 0.0222. The molecule has 0 bridgehead atoms. The number of phenolic OH excluding ortho intramolecular Hbond substituents is 1. The van der Waals surface area contributed by atoms with Crippen LogP contribution in [0.2, 0.25) is 0 Å². The summed E-state index contributed by atoms with van der Waals surface area (Å²) in [6, 6.07) is -4.32. The van der Waals surface area contributed by atoms with Crippen LogP contribution in [0.3, 0.4) is 0 Å². The van der Waals surface area contributed by atoms with Crippen molar-refractivity contribution in [3.8, 4) is 5.75 Å². The molecule has 0 saturated heterocycles. The highest BCUT2D eigenvalue weighted by Gasteiger charge is 2.34. The van der Waals surface area contributed by atoms with E-state index in [-0.39, 0.29) is 50.9 Å². The molecule has 0 heterocycles. The molecule has 0 aliphatic heterocycles. The first-order chi connectivity index (χ1) is 35.3. The number of rotatable bonds is 41. The zero-order valence-electron chi connectivity index (χ0n) is 41.0. The molecule has 29 nitrogen and oxygen atoms in total. The van der Waals surface area contributed by atoms with Gasteiger partial charge in [0.15, 0.2) is 0 Å². The number of hydrogen-bond donors (Lipinski definition) is 15. The topological polar surface area (TPSA) is 477 Å². The van der Waals surface area contributed by atoms with E-state index in [9.17, 15) is 88.5 Å². The largest absolute Gasteiger partial charge is 0.506 e. The van der Waals surface area contributed by atoms with E-state index < -0.39 is 154 Å². The Balaban J connectivity index is 3.66. The number of carbonyl (C=O) groups excluding carboxylic acids is 5. The van der Waals surface area contributed by atoms with E-state index in [2.05, 4.69) is 26.6 Å². The van der Waals surface area contributed by atoms with E-state index in [1.165, 1.54) is 12.1 Å². The number of carbonyl (C=O) groups is 11. The summed E-state index contributed by atoms with van der Waals surface area (Å²) in [5, 5.41) is 80.2. The lowest BCUT2D eigenvalue weighted by Crippen LogP contribution is -2.59. The molecule has 1 aromatic carbocycles. The molecule has 5 atom stereocenters. The molecule has 0 spiro atoms. The first kappa shape index (κ1) is 67.4. The van der Waals surface area contributed by atoms with Crippen molar-refractivity contribution in [2.45, 2.75) is 94.4 Å². The molecule has 0 aliphatic rings. The normalized spacial score (nSPS) is 13.2. The maximum absolute atomic E-state index is 14.3. The molecule has 422 valence electrons. The third kappa shape index (κ3) is 28.2. The summed E-state index contributed by atoms with van der Waals surface area (Å²) in [7, 11) is 0. The number of phenols is 1. The highest BCUT2D eigenvalue weighted by atomic mass is 127. The second-order valence-electron chi connectivity index (χ2n) is 17.2. The summed E-state index contributed by atoms with van der Waals surface area (Å²) >= 11 is 3.69. The number of carboxylic acid groups (broad SMARTS) is 6. The van der Waals surface area contributed by atoms with E-state index in [1.54, 1.807) is 0 Å². The second-order valence-corrected chi connectivity index (χ2v) is 19.5. The predicted molar refractivity (Wildman–Crippen MR) is 281 cm³/mol. The monoisotopic (exact) mass is 1290 g/mol. The highest BCUT2D eigenvalue weighted by molar-refractivity contribution is 14.1. The Morgan fingerprint density at radius 3 is 1.31 bits per heavy atom. The van der Waals surface area contributed by atoms with Gasteiger partial charge in [0.05, 0.1) is 46.4 Å². The fourth-order valence-electron chi connectivity index (χ4n) is 7.34. The third-order valence-corrected chi connectivity index (χ3v) is 12.6. The van der Waals surface area contributed by atoms with Gasteiger partial charge in [0.25, 0.3) is 0 Å². The van der Waals surface area contributed by atoms with Crippen LogP contribution in [-0.2, 0) is 59.2 Å². The van der Waals surface area contributed by atoms with Gasteiger partial charge in [-0.15, -0.1) is 0 Å². The van der Waals surface area contributed by atoms with Crippen LogP contribution in [0.25, 0.3) is 0 Å². The molecule has 5 amide bonds. The molecule has 1 rings (SSSR count). The van der Waals surface area contributed by atoms with Crippen molar-refractivity contribution in [1.29, 1.82) is 0 Å². The number of halogens is 2. The van der Waals surface area contributed by atoms with Crippen molar-refractivity contribution in [3.05, 3.63) is 24.8 Å². The van der Waals surface area contributed by atoms with Crippen LogP contribution < -0.4 is 43.8 Å². The molecule has 31 heteroatoms. The van der Waals surface area contributed by atoms with E-state index in [1.807, 2.05) is 45.2 Å². The lowest BCUT2D eigenvalue weighted by atomic mass is 10.0. The van der Waals surface area contributed by atoms with Gasteiger partial charge in [-0.25, -0.2) is 4.79 Å². The molecule has 1 aromatic rings.